The molecule has 7 heteroatoms. The minimum absolute atomic E-state index is 0.480. The van der Waals surface area contributed by atoms with E-state index in [9.17, 15) is 0 Å². The number of hydrogen-bond donors (Lipinski definition) is 2. The first-order chi connectivity index (χ1) is 9.38. The van der Waals surface area contributed by atoms with E-state index >= 15 is 0 Å². The maximum atomic E-state index is 4.94. The maximum Gasteiger partial charge on any atom is 0.244 e. The zero-order valence-electron chi connectivity index (χ0n) is 10.7. The van der Waals surface area contributed by atoms with Gasteiger partial charge in [-0.05, 0) is 11.6 Å². The van der Waals surface area contributed by atoms with E-state index in [-0.39, 0.29) is 0 Å². The quantitative estimate of drug-likeness (QED) is 0.716. The molecule has 0 saturated carbocycles. The van der Waals surface area contributed by atoms with E-state index in [4.69, 9.17) is 4.74 Å². The molecular weight excluding hydrogens is 244 g/mol. The summed E-state index contributed by atoms with van der Waals surface area (Å²) in [7, 11) is 1.65. The minimum atomic E-state index is 0.480. The van der Waals surface area contributed by atoms with Crippen molar-refractivity contribution in [1.29, 1.82) is 0 Å². The first-order valence-corrected chi connectivity index (χ1v) is 5.94. The molecule has 0 aromatic carbocycles. The SMILES string of the molecule is COCCNc1nncc(NCc2cccnc2)n1. The lowest BCUT2D eigenvalue weighted by molar-refractivity contribution is 0.210. The van der Waals surface area contributed by atoms with E-state index in [1.807, 2.05) is 12.1 Å². The van der Waals surface area contributed by atoms with Gasteiger partial charge in [-0.3, -0.25) is 4.98 Å². The van der Waals surface area contributed by atoms with Crippen molar-refractivity contribution in [3.05, 3.63) is 36.3 Å². The van der Waals surface area contributed by atoms with Crippen molar-refractivity contribution in [2.24, 2.45) is 0 Å². The lowest BCUT2D eigenvalue weighted by Crippen LogP contribution is -2.12. The first kappa shape index (κ1) is 13.2. The Morgan fingerprint density at radius 2 is 2.21 bits per heavy atom. The normalized spacial score (nSPS) is 10.2. The molecule has 0 unspecified atom stereocenters. The molecule has 0 spiro atoms. The number of anilines is 2. The van der Waals surface area contributed by atoms with Gasteiger partial charge in [-0.1, -0.05) is 6.07 Å². The summed E-state index contributed by atoms with van der Waals surface area (Å²) in [5, 5.41) is 14.0. The molecule has 19 heavy (non-hydrogen) atoms. The van der Waals surface area contributed by atoms with E-state index < -0.39 is 0 Å². The third-order valence-electron chi connectivity index (χ3n) is 2.34. The van der Waals surface area contributed by atoms with Crippen molar-refractivity contribution in [2.45, 2.75) is 6.54 Å². The summed E-state index contributed by atoms with van der Waals surface area (Å²) >= 11 is 0. The van der Waals surface area contributed by atoms with Gasteiger partial charge in [-0.15, -0.1) is 5.10 Å². The fourth-order valence-electron chi connectivity index (χ4n) is 1.42. The molecule has 2 N–H and O–H groups in total. The van der Waals surface area contributed by atoms with Gasteiger partial charge in [0.1, 0.15) is 0 Å². The molecule has 0 aliphatic heterocycles. The van der Waals surface area contributed by atoms with Gasteiger partial charge >= 0.3 is 0 Å². The van der Waals surface area contributed by atoms with Crippen LogP contribution in [0.15, 0.2) is 30.7 Å². The number of rotatable bonds is 7. The highest BCUT2D eigenvalue weighted by atomic mass is 16.5. The third-order valence-corrected chi connectivity index (χ3v) is 2.34. The molecule has 7 nitrogen and oxygen atoms in total. The van der Waals surface area contributed by atoms with Crippen molar-refractivity contribution >= 4 is 11.8 Å². The molecule has 2 aromatic heterocycles. The topological polar surface area (TPSA) is 84.9 Å². The summed E-state index contributed by atoms with van der Waals surface area (Å²) in [6.45, 7) is 1.88. The van der Waals surface area contributed by atoms with Crippen LogP contribution in [-0.4, -0.2) is 40.4 Å². The van der Waals surface area contributed by atoms with Crippen LogP contribution in [-0.2, 0) is 11.3 Å². The monoisotopic (exact) mass is 260 g/mol. The second-order valence-electron chi connectivity index (χ2n) is 3.80. The van der Waals surface area contributed by atoms with Gasteiger partial charge in [0.05, 0.1) is 12.8 Å². The van der Waals surface area contributed by atoms with Crippen LogP contribution in [0.2, 0.25) is 0 Å². The Morgan fingerprint density at radius 1 is 1.26 bits per heavy atom. The Morgan fingerprint density at radius 3 is 3.00 bits per heavy atom. The second kappa shape index (κ2) is 7.22. The molecule has 0 radical (unpaired) electrons. The van der Waals surface area contributed by atoms with Crippen LogP contribution < -0.4 is 10.6 Å². The number of methoxy groups -OCH3 is 1. The van der Waals surface area contributed by atoms with E-state index in [2.05, 4.69) is 30.8 Å². The van der Waals surface area contributed by atoms with Gasteiger partial charge in [-0.2, -0.15) is 10.1 Å². The highest BCUT2D eigenvalue weighted by Crippen LogP contribution is 2.05. The van der Waals surface area contributed by atoms with Crippen molar-refractivity contribution in [3.8, 4) is 0 Å². The van der Waals surface area contributed by atoms with Crippen molar-refractivity contribution in [3.63, 3.8) is 0 Å². The summed E-state index contributed by atoms with van der Waals surface area (Å²) in [5.41, 5.74) is 1.08. The smallest absolute Gasteiger partial charge is 0.244 e. The van der Waals surface area contributed by atoms with Gasteiger partial charge < -0.3 is 15.4 Å². The molecule has 2 heterocycles. The van der Waals surface area contributed by atoms with Crippen LogP contribution in [0, 0.1) is 0 Å². The molecule has 0 amide bonds. The Hall–Kier alpha value is -2.28. The van der Waals surface area contributed by atoms with Crippen molar-refractivity contribution < 1.29 is 4.74 Å². The maximum absolute atomic E-state index is 4.94. The molecule has 2 aromatic rings. The van der Waals surface area contributed by atoms with E-state index in [0.717, 1.165) is 5.56 Å². The predicted molar refractivity (Wildman–Crippen MR) is 71.8 cm³/mol. The van der Waals surface area contributed by atoms with Crippen LogP contribution in [0.3, 0.4) is 0 Å². The number of ether oxygens (including phenoxy) is 1. The van der Waals surface area contributed by atoms with Crippen molar-refractivity contribution in [2.75, 3.05) is 30.9 Å². The van der Waals surface area contributed by atoms with E-state index in [1.165, 1.54) is 0 Å². The fourth-order valence-corrected chi connectivity index (χ4v) is 1.42. The van der Waals surface area contributed by atoms with Gasteiger partial charge in [-0.25, -0.2) is 0 Å². The first-order valence-electron chi connectivity index (χ1n) is 5.94. The van der Waals surface area contributed by atoms with Gasteiger partial charge in [0.15, 0.2) is 5.82 Å². The number of nitrogens with zero attached hydrogens (tertiary/aromatic N) is 4. The average molecular weight is 260 g/mol. The molecular formula is C12H16N6O. The summed E-state index contributed by atoms with van der Waals surface area (Å²) in [6, 6.07) is 3.89. The van der Waals surface area contributed by atoms with Crippen molar-refractivity contribution in [1.82, 2.24) is 20.2 Å². The predicted octanol–water partition coefficient (Wildman–Crippen LogP) is 0.937. The number of pyridine rings is 1. The summed E-state index contributed by atoms with van der Waals surface area (Å²) < 4.78 is 4.94. The zero-order chi connectivity index (χ0) is 13.3. The Balaban J connectivity index is 1.88. The molecule has 2 rings (SSSR count). The van der Waals surface area contributed by atoms with Gasteiger partial charge in [0.25, 0.3) is 0 Å². The summed E-state index contributed by atoms with van der Waals surface area (Å²) in [6.07, 6.45) is 5.13. The molecule has 0 bridgehead atoms. The highest BCUT2D eigenvalue weighted by Gasteiger charge is 2.00. The minimum Gasteiger partial charge on any atom is -0.383 e. The van der Waals surface area contributed by atoms with Crippen LogP contribution >= 0.6 is 0 Å². The molecule has 0 saturated heterocycles. The average Bonchev–Trinajstić information content (AvgIpc) is 2.47. The Bertz CT molecular complexity index is 493. The Kier molecular flexibility index (Phi) is 5.00. The third kappa shape index (κ3) is 4.47. The van der Waals surface area contributed by atoms with Crippen LogP contribution in [0.4, 0.5) is 11.8 Å². The fraction of sp³-hybridized carbons (Fsp3) is 0.333. The van der Waals surface area contributed by atoms with Crippen LogP contribution in [0.1, 0.15) is 5.56 Å². The molecule has 0 fully saturated rings. The summed E-state index contributed by atoms with van der Waals surface area (Å²) in [5.74, 6) is 1.15. The summed E-state index contributed by atoms with van der Waals surface area (Å²) in [4.78, 5) is 8.34. The molecule has 0 atom stereocenters. The van der Waals surface area contributed by atoms with E-state index in [0.29, 0.717) is 31.5 Å². The number of nitrogens with one attached hydrogen (secondary N) is 2. The highest BCUT2D eigenvalue weighted by molar-refractivity contribution is 5.37. The number of aromatic nitrogens is 4. The molecule has 0 aliphatic rings. The lowest BCUT2D eigenvalue weighted by Gasteiger charge is -2.07. The molecule has 100 valence electrons. The van der Waals surface area contributed by atoms with Gasteiger partial charge in [0, 0.05) is 32.6 Å². The van der Waals surface area contributed by atoms with Crippen LogP contribution in [0.25, 0.3) is 0 Å². The van der Waals surface area contributed by atoms with E-state index in [1.54, 1.807) is 25.7 Å². The zero-order valence-corrected chi connectivity index (χ0v) is 10.7. The lowest BCUT2D eigenvalue weighted by atomic mass is 10.3. The molecule has 0 aliphatic carbocycles. The Labute approximate surface area is 111 Å². The number of hydrogen-bond acceptors (Lipinski definition) is 7. The van der Waals surface area contributed by atoms with Crippen LogP contribution in [0.5, 0.6) is 0 Å². The standard InChI is InChI=1S/C12H16N6O/c1-19-6-5-14-12-17-11(9-16-18-12)15-8-10-3-2-4-13-7-10/h2-4,7,9H,5-6,8H2,1H3,(H2,14,15,17,18). The van der Waals surface area contributed by atoms with Gasteiger partial charge in [0.2, 0.25) is 5.95 Å². The second-order valence-corrected chi connectivity index (χ2v) is 3.80. The largest absolute Gasteiger partial charge is 0.383 e.